The van der Waals surface area contributed by atoms with Crippen molar-refractivity contribution in [1.29, 1.82) is 0 Å². The van der Waals surface area contributed by atoms with E-state index < -0.39 is 0 Å². The number of ether oxygens (including phenoxy) is 2. The molecule has 1 aromatic carbocycles. The minimum absolute atomic E-state index is 0.397. The van der Waals surface area contributed by atoms with Gasteiger partial charge in [-0.2, -0.15) is 0 Å². The van der Waals surface area contributed by atoms with Gasteiger partial charge in [-0.15, -0.1) is 0 Å². The van der Waals surface area contributed by atoms with Gasteiger partial charge in [0, 0.05) is 30.6 Å². The molecule has 0 aliphatic carbocycles. The van der Waals surface area contributed by atoms with Crippen LogP contribution in [0.1, 0.15) is 12.5 Å². The van der Waals surface area contributed by atoms with Crippen molar-refractivity contribution in [2.45, 2.75) is 13.5 Å². The van der Waals surface area contributed by atoms with Crippen LogP contribution >= 0.6 is 0 Å². The Hall–Kier alpha value is -2.07. The van der Waals surface area contributed by atoms with Crippen molar-refractivity contribution in [1.82, 2.24) is 4.98 Å². The lowest BCUT2D eigenvalue weighted by Crippen LogP contribution is -2.00. The van der Waals surface area contributed by atoms with Crippen LogP contribution < -0.4 is 15.2 Å². The number of benzene rings is 1. The average molecular weight is 244 g/mol. The number of rotatable bonds is 5. The molecule has 0 saturated heterocycles. The van der Waals surface area contributed by atoms with Gasteiger partial charge in [-0.05, 0) is 25.1 Å². The summed E-state index contributed by atoms with van der Waals surface area (Å²) in [5.74, 6) is 2.24. The number of aromatic nitrogens is 1. The van der Waals surface area contributed by atoms with E-state index in [2.05, 4.69) is 4.98 Å². The van der Waals surface area contributed by atoms with Crippen LogP contribution in [-0.4, -0.2) is 11.6 Å². The van der Waals surface area contributed by atoms with E-state index >= 15 is 0 Å². The van der Waals surface area contributed by atoms with Gasteiger partial charge in [0.1, 0.15) is 17.2 Å². The highest BCUT2D eigenvalue weighted by Crippen LogP contribution is 2.27. The molecule has 0 aliphatic heterocycles. The Morgan fingerprint density at radius 1 is 1.22 bits per heavy atom. The fourth-order valence-electron chi connectivity index (χ4n) is 1.59. The van der Waals surface area contributed by atoms with Gasteiger partial charge in [0.2, 0.25) is 0 Å². The van der Waals surface area contributed by atoms with E-state index in [0.717, 1.165) is 22.8 Å². The number of pyridine rings is 1. The molecule has 4 heteroatoms. The largest absolute Gasteiger partial charge is 0.494 e. The van der Waals surface area contributed by atoms with Crippen LogP contribution in [0.5, 0.6) is 17.2 Å². The second-order valence-electron chi connectivity index (χ2n) is 3.70. The Balaban J connectivity index is 2.20. The van der Waals surface area contributed by atoms with Gasteiger partial charge < -0.3 is 15.2 Å². The van der Waals surface area contributed by atoms with Crippen molar-refractivity contribution in [3.05, 3.63) is 48.3 Å². The molecule has 0 fully saturated rings. The lowest BCUT2D eigenvalue weighted by Gasteiger charge is -2.10. The van der Waals surface area contributed by atoms with Crippen molar-refractivity contribution in [3.8, 4) is 17.2 Å². The molecule has 4 nitrogen and oxygen atoms in total. The Labute approximate surface area is 106 Å². The van der Waals surface area contributed by atoms with Crippen molar-refractivity contribution >= 4 is 0 Å². The molecule has 0 saturated carbocycles. The van der Waals surface area contributed by atoms with E-state index in [1.165, 1.54) is 0 Å². The zero-order chi connectivity index (χ0) is 12.8. The highest BCUT2D eigenvalue weighted by atomic mass is 16.5. The predicted octanol–water partition coefficient (Wildman–Crippen LogP) is 2.73. The third kappa shape index (κ3) is 2.99. The molecule has 2 aromatic rings. The van der Waals surface area contributed by atoms with E-state index in [9.17, 15) is 0 Å². The van der Waals surface area contributed by atoms with Gasteiger partial charge >= 0.3 is 0 Å². The second kappa shape index (κ2) is 6.02. The summed E-state index contributed by atoms with van der Waals surface area (Å²) in [5, 5.41) is 0. The van der Waals surface area contributed by atoms with E-state index in [0.29, 0.717) is 13.2 Å². The van der Waals surface area contributed by atoms with E-state index in [-0.39, 0.29) is 0 Å². The van der Waals surface area contributed by atoms with Gasteiger partial charge in [-0.3, -0.25) is 4.98 Å². The Morgan fingerprint density at radius 3 is 2.83 bits per heavy atom. The van der Waals surface area contributed by atoms with Gasteiger partial charge in [-0.25, -0.2) is 0 Å². The molecule has 0 unspecified atom stereocenters. The van der Waals surface area contributed by atoms with E-state index in [4.69, 9.17) is 15.2 Å². The minimum Gasteiger partial charge on any atom is -0.494 e. The number of hydrogen-bond acceptors (Lipinski definition) is 4. The first kappa shape index (κ1) is 12.4. The number of hydrogen-bond donors (Lipinski definition) is 1. The third-order valence-electron chi connectivity index (χ3n) is 2.42. The summed E-state index contributed by atoms with van der Waals surface area (Å²) in [6, 6.07) is 9.32. The molecule has 0 spiro atoms. The maximum absolute atomic E-state index is 5.79. The van der Waals surface area contributed by atoms with Gasteiger partial charge in [0.05, 0.1) is 6.61 Å². The predicted molar refractivity (Wildman–Crippen MR) is 69.8 cm³/mol. The molecule has 0 atom stereocenters. The Kier molecular flexibility index (Phi) is 4.15. The zero-order valence-electron chi connectivity index (χ0n) is 10.3. The maximum atomic E-state index is 5.79. The molecule has 0 bridgehead atoms. The Bertz CT molecular complexity index is 515. The number of nitrogens with zero attached hydrogens (tertiary/aromatic N) is 1. The summed E-state index contributed by atoms with van der Waals surface area (Å²) < 4.78 is 11.2. The van der Waals surface area contributed by atoms with E-state index in [1.54, 1.807) is 18.5 Å². The van der Waals surface area contributed by atoms with Crippen LogP contribution in [0.2, 0.25) is 0 Å². The number of nitrogens with two attached hydrogens (primary N) is 1. The van der Waals surface area contributed by atoms with Crippen LogP contribution in [0.15, 0.2) is 42.7 Å². The third-order valence-corrected chi connectivity index (χ3v) is 2.42. The average Bonchev–Trinajstić information content (AvgIpc) is 2.40. The van der Waals surface area contributed by atoms with Crippen molar-refractivity contribution in [3.63, 3.8) is 0 Å². The minimum atomic E-state index is 0.397. The van der Waals surface area contributed by atoms with Crippen LogP contribution in [0.3, 0.4) is 0 Å². The summed E-state index contributed by atoms with van der Waals surface area (Å²) in [6.45, 7) is 2.98. The fraction of sp³-hybridized carbons (Fsp3) is 0.214. The van der Waals surface area contributed by atoms with Gasteiger partial charge in [0.25, 0.3) is 0 Å². The Morgan fingerprint density at radius 2 is 2.06 bits per heavy atom. The molecule has 94 valence electrons. The molecule has 1 heterocycles. The first-order chi connectivity index (χ1) is 8.83. The summed E-state index contributed by atoms with van der Waals surface area (Å²) in [6.07, 6.45) is 3.39. The fourth-order valence-corrected chi connectivity index (χ4v) is 1.59. The van der Waals surface area contributed by atoms with Crippen LogP contribution in [0.25, 0.3) is 0 Å². The first-order valence-corrected chi connectivity index (χ1v) is 5.87. The van der Waals surface area contributed by atoms with Crippen LogP contribution in [0.4, 0.5) is 0 Å². The van der Waals surface area contributed by atoms with Crippen LogP contribution in [0, 0.1) is 0 Å². The molecule has 2 rings (SSSR count). The molecule has 0 radical (unpaired) electrons. The van der Waals surface area contributed by atoms with Gasteiger partial charge in [-0.1, -0.05) is 6.07 Å². The topological polar surface area (TPSA) is 57.4 Å². The molecule has 0 amide bonds. The van der Waals surface area contributed by atoms with Crippen molar-refractivity contribution in [2.24, 2.45) is 5.73 Å². The van der Waals surface area contributed by atoms with E-state index in [1.807, 2.05) is 31.2 Å². The first-order valence-electron chi connectivity index (χ1n) is 5.87. The summed E-state index contributed by atoms with van der Waals surface area (Å²) in [7, 11) is 0. The molecular weight excluding hydrogens is 228 g/mol. The maximum Gasteiger partial charge on any atom is 0.134 e. The quantitative estimate of drug-likeness (QED) is 0.878. The molecule has 0 aliphatic rings. The summed E-state index contributed by atoms with van der Waals surface area (Å²) in [5.41, 5.74) is 6.51. The van der Waals surface area contributed by atoms with Crippen molar-refractivity contribution < 1.29 is 9.47 Å². The van der Waals surface area contributed by atoms with Gasteiger partial charge in [0.15, 0.2) is 0 Å². The van der Waals surface area contributed by atoms with Crippen LogP contribution in [-0.2, 0) is 6.54 Å². The molecule has 18 heavy (non-hydrogen) atoms. The highest BCUT2D eigenvalue weighted by molar-refractivity contribution is 5.39. The zero-order valence-corrected chi connectivity index (χ0v) is 10.3. The van der Waals surface area contributed by atoms with Crippen molar-refractivity contribution in [2.75, 3.05) is 6.61 Å². The second-order valence-corrected chi connectivity index (χ2v) is 3.70. The normalized spacial score (nSPS) is 10.1. The molecule has 1 aromatic heterocycles. The molecule has 2 N–H and O–H groups in total. The highest BCUT2D eigenvalue weighted by Gasteiger charge is 2.04. The SMILES string of the molecule is CCOc1cccc(Oc2ccncc2CN)c1. The summed E-state index contributed by atoms with van der Waals surface area (Å²) in [4.78, 5) is 4.02. The monoisotopic (exact) mass is 244 g/mol. The standard InChI is InChI=1S/C14H16N2O2/c1-2-17-12-4-3-5-13(8-12)18-14-6-7-16-10-11(14)9-15/h3-8,10H,2,9,15H2,1H3. The summed E-state index contributed by atoms with van der Waals surface area (Å²) >= 11 is 0. The molecular formula is C14H16N2O2. The smallest absolute Gasteiger partial charge is 0.134 e. The lowest BCUT2D eigenvalue weighted by molar-refractivity contribution is 0.338. The lowest BCUT2D eigenvalue weighted by atomic mass is 10.2.